The maximum absolute atomic E-state index is 4.45. The number of fused-ring (bicyclic) bond motifs is 4. The minimum absolute atomic E-state index is 0.764. The lowest BCUT2D eigenvalue weighted by molar-refractivity contribution is 0.627. The van der Waals surface area contributed by atoms with Crippen molar-refractivity contribution in [2.45, 2.75) is 6.42 Å². The average Bonchev–Trinajstić information content (AvgIpc) is 2.41. The lowest BCUT2D eigenvalue weighted by Crippen LogP contribution is -2.29. The Morgan fingerprint density at radius 1 is 1.14 bits per heavy atom. The Hall–Kier alpha value is -1.90. The molecule has 2 aliphatic heterocycles. The lowest BCUT2D eigenvalue weighted by atomic mass is 10.2. The summed E-state index contributed by atoms with van der Waals surface area (Å²) in [6, 6.07) is 0. The monoisotopic (exact) mass is 183 g/mol. The van der Waals surface area contributed by atoms with Crippen LogP contribution in [0.2, 0.25) is 0 Å². The first-order chi connectivity index (χ1) is 6.93. The minimum Gasteiger partial charge on any atom is -0.289 e. The van der Waals surface area contributed by atoms with Gasteiger partial charge in [-0.3, -0.25) is 4.90 Å². The molecule has 0 N–H and O–H groups in total. The van der Waals surface area contributed by atoms with Gasteiger partial charge in [-0.25, -0.2) is 9.98 Å². The average molecular weight is 183 g/mol. The molecule has 0 atom stereocenters. The first-order valence-electron chi connectivity index (χ1n) is 4.59. The van der Waals surface area contributed by atoms with Crippen LogP contribution in [0.5, 0.6) is 0 Å². The van der Waals surface area contributed by atoms with E-state index in [1.54, 1.807) is 6.21 Å². The van der Waals surface area contributed by atoms with Gasteiger partial charge in [-0.05, 0) is 18.2 Å². The van der Waals surface area contributed by atoms with E-state index in [-0.39, 0.29) is 0 Å². The molecule has 0 radical (unpaired) electrons. The molecule has 0 aromatic carbocycles. The summed E-state index contributed by atoms with van der Waals surface area (Å²) in [6.45, 7) is 0. The van der Waals surface area contributed by atoms with E-state index in [4.69, 9.17) is 0 Å². The fraction of sp³-hybridized carbons (Fsp3) is 0.0909. The third-order valence-corrected chi connectivity index (χ3v) is 2.33. The van der Waals surface area contributed by atoms with Crippen LogP contribution in [-0.2, 0) is 0 Å². The fourth-order valence-corrected chi connectivity index (χ4v) is 1.68. The van der Waals surface area contributed by atoms with Gasteiger partial charge in [0, 0.05) is 24.5 Å². The van der Waals surface area contributed by atoms with E-state index in [2.05, 4.69) is 16.1 Å². The summed E-state index contributed by atoms with van der Waals surface area (Å²) in [4.78, 5) is 10.7. The zero-order valence-corrected chi connectivity index (χ0v) is 7.59. The van der Waals surface area contributed by atoms with Gasteiger partial charge in [0.1, 0.15) is 0 Å². The first kappa shape index (κ1) is 7.50. The number of allylic oxidation sites excluding steroid dienone is 5. The highest BCUT2D eigenvalue weighted by atomic mass is 15.3. The molecular formula is C11H9N3. The van der Waals surface area contributed by atoms with Gasteiger partial charge in [-0.1, -0.05) is 12.2 Å². The molecule has 0 aromatic rings. The van der Waals surface area contributed by atoms with Crippen molar-refractivity contribution in [3.63, 3.8) is 0 Å². The summed E-state index contributed by atoms with van der Waals surface area (Å²) in [5.74, 6) is 0.764. The van der Waals surface area contributed by atoms with E-state index in [1.165, 1.54) is 5.70 Å². The molecule has 0 saturated heterocycles. The molecule has 0 amide bonds. The molecule has 3 rings (SSSR count). The molecule has 0 spiro atoms. The Labute approximate surface area is 82.2 Å². The third-order valence-electron chi connectivity index (χ3n) is 2.33. The van der Waals surface area contributed by atoms with Gasteiger partial charge in [0.15, 0.2) is 0 Å². The van der Waals surface area contributed by atoms with Crippen molar-refractivity contribution in [2.75, 3.05) is 0 Å². The van der Waals surface area contributed by atoms with Crippen LogP contribution in [0.4, 0.5) is 0 Å². The van der Waals surface area contributed by atoms with Crippen molar-refractivity contribution in [1.82, 2.24) is 4.90 Å². The van der Waals surface area contributed by atoms with Crippen LogP contribution in [-0.4, -0.2) is 17.1 Å². The molecule has 68 valence electrons. The van der Waals surface area contributed by atoms with Crippen molar-refractivity contribution in [3.8, 4) is 0 Å². The predicted octanol–water partition coefficient (Wildman–Crippen LogP) is 1.98. The third kappa shape index (κ3) is 1.06. The fourth-order valence-electron chi connectivity index (χ4n) is 1.68. The van der Waals surface area contributed by atoms with Gasteiger partial charge >= 0.3 is 0 Å². The molecule has 0 aromatic heterocycles. The van der Waals surface area contributed by atoms with E-state index in [9.17, 15) is 0 Å². The summed E-state index contributed by atoms with van der Waals surface area (Å²) >= 11 is 0. The van der Waals surface area contributed by atoms with E-state index in [0.29, 0.717) is 0 Å². The summed E-state index contributed by atoms with van der Waals surface area (Å²) in [5, 5.41) is 0. The lowest BCUT2D eigenvalue weighted by Gasteiger charge is -2.27. The van der Waals surface area contributed by atoms with Crippen molar-refractivity contribution in [3.05, 3.63) is 48.0 Å². The molecule has 3 nitrogen and oxygen atoms in total. The van der Waals surface area contributed by atoms with Crippen LogP contribution in [0.1, 0.15) is 6.42 Å². The Kier molecular flexibility index (Phi) is 1.50. The Bertz CT molecular complexity index is 447. The summed E-state index contributed by atoms with van der Waals surface area (Å²) in [6.07, 6.45) is 14.7. The molecule has 0 saturated carbocycles. The number of hydrogen-bond donors (Lipinski definition) is 0. The van der Waals surface area contributed by atoms with Crippen LogP contribution in [0, 0.1) is 0 Å². The quantitative estimate of drug-likeness (QED) is 0.564. The highest BCUT2D eigenvalue weighted by molar-refractivity contribution is 5.96. The van der Waals surface area contributed by atoms with Crippen molar-refractivity contribution in [1.29, 1.82) is 0 Å². The zero-order chi connectivity index (χ0) is 9.38. The Morgan fingerprint density at radius 2 is 2.07 bits per heavy atom. The van der Waals surface area contributed by atoms with Gasteiger partial charge in [-0.15, -0.1) is 0 Å². The smallest absolute Gasteiger partial charge is 0.234 e. The molecule has 3 heteroatoms. The molecule has 1 aliphatic carbocycles. The summed E-state index contributed by atoms with van der Waals surface area (Å²) in [7, 11) is 0. The molecule has 3 aliphatic rings. The van der Waals surface area contributed by atoms with Crippen LogP contribution in [0.3, 0.4) is 0 Å². The van der Waals surface area contributed by atoms with Gasteiger partial charge < -0.3 is 0 Å². The highest BCUT2D eigenvalue weighted by Crippen LogP contribution is 2.26. The van der Waals surface area contributed by atoms with Crippen molar-refractivity contribution >= 4 is 12.2 Å². The summed E-state index contributed by atoms with van der Waals surface area (Å²) in [5.41, 5.74) is 2.30. The number of nitrogens with zero attached hydrogens (tertiary/aromatic N) is 3. The van der Waals surface area contributed by atoms with Crippen LogP contribution in [0.25, 0.3) is 0 Å². The normalized spacial score (nSPS) is 22.3. The Balaban J connectivity index is 2.17. The number of rotatable bonds is 0. The van der Waals surface area contributed by atoms with E-state index in [0.717, 1.165) is 18.1 Å². The maximum Gasteiger partial charge on any atom is 0.234 e. The van der Waals surface area contributed by atoms with Crippen LogP contribution in [0.15, 0.2) is 58.0 Å². The second-order valence-corrected chi connectivity index (χ2v) is 3.28. The van der Waals surface area contributed by atoms with Crippen molar-refractivity contribution in [2.24, 2.45) is 9.98 Å². The van der Waals surface area contributed by atoms with Crippen LogP contribution >= 0.6 is 0 Å². The van der Waals surface area contributed by atoms with E-state index >= 15 is 0 Å². The molecule has 0 fully saturated rings. The van der Waals surface area contributed by atoms with Gasteiger partial charge in [0.2, 0.25) is 5.96 Å². The predicted molar refractivity (Wildman–Crippen MR) is 56.8 cm³/mol. The largest absolute Gasteiger partial charge is 0.289 e. The molecular weight excluding hydrogens is 174 g/mol. The second-order valence-electron chi connectivity index (χ2n) is 3.28. The van der Waals surface area contributed by atoms with Gasteiger partial charge in [-0.2, -0.15) is 0 Å². The van der Waals surface area contributed by atoms with Gasteiger partial charge in [0.05, 0.1) is 5.70 Å². The molecule has 2 bridgehead atoms. The molecule has 2 heterocycles. The molecule has 14 heavy (non-hydrogen) atoms. The highest BCUT2D eigenvalue weighted by Gasteiger charge is 2.21. The molecule has 0 unspecified atom stereocenters. The van der Waals surface area contributed by atoms with E-state index in [1.807, 2.05) is 35.4 Å². The van der Waals surface area contributed by atoms with Crippen molar-refractivity contribution < 1.29 is 0 Å². The number of guanidine groups is 1. The maximum atomic E-state index is 4.45. The van der Waals surface area contributed by atoms with Gasteiger partial charge in [0.25, 0.3) is 0 Å². The van der Waals surface area contributed by atoms with E-state index < -0.39 is 0 Å². The van der Waals surface area contributed by atoms with Crippen LogP contribution < -0.4 is 0 Å². The Morgan fingerprint density at radius 3 is 3.07 bits per heavy atom. The standard InChI is InChI=1S/C11H9N3/c1-2-5-10-8-9(4-1)13-11-12-6-3-7-14(10)11/h1-7H,8H2. The number of hydrogen-bond acceptors (Lipinski definition) is 3. The number of aliphatic imine (C=N–C) groups is 2. The minimum atomic E-state index is 0.764. The topological polar surface area (TPSA) is 28.0 Å². The SMILES string of the molecule is C1=CC=C2CC(=C1)N=C1N=CC=CN21. The zero-order valence-electron chi connectivity index (χ0n) is 7.59. The first-order valence-corrected chi connectivity index (χ1v) is 4.59. The summed E-state index contributed by atoms with van der Waals surface area (Å²) < 4.78 is 0. The second kappa shape index (κ2) is 2.80.